The van der Waals surface area contributed by atoms with E-state index in [1.807, 2.05) is 0 Å². The number of rotatable bonds is 9. The maximum absolute atomic E-state index is 15.7. The lowest BCUT2D eigenvalue weighted by Crippen LogP contribution is -2.37. The second-order valence-corrected chi connectivity index (χ2v) is 9.99. The Morgan fingerprint density at radius 2 is 1.83 bits per heavy atom. The summed E-state index contributed by atoms with van der Waals surface area (Å²) in [5.41, 5.74) is -0.741. The summed E-state index contributed by atoms with van der Waals surface area (Å²) < 4.78 is 108. The van der Waals surface area contributed by atoms with Gasteiger partial charge in [0.15, 0.2) is 5.82 Å². The van der Waals surface area contributed by atoms with Crippen molar-refractivity contribution >= 4 is 22.8 Å². The minimum atomic E-state index is -4.81. The Morgan fingerprint density at radius 1 is 1.14 bits per heavy atom. The fraction of sp³-hybridized carbons (Fsp3) is 0.462. The zero-order valence-corrected chi connectivity index (χ0v) is 22.0. The Balaban J connectivity index is 1.70. The van der Waals surface area contributed by atoms with Crippen LogP contribution < -0.4 is 10.6 Å². The lowest BCUT2D eigenvalue weighted by Gasteiger charge is -2.30. The predicted octanol–water partition coefficient (Wildman–Crippen LogP) is 5.66. The van der Waals surface area contributed by atoms with Crippen LogP contribution in [0, 0.1) is 11.7 Å². The maximum Gasteiger partial charge on any atom is 0.405 e. The van der Waals surface area contributed by atoms with Gasteiger partial charge in [-0.15, -0.1) is 0 Å². The van der Waals surface area contributed by atoms with Crippen LogP contribution in [-0.2, 0) is 11.8 Å². The van der Waals surface area contributed by atoms with E-state index in [-0.39, 0.29) is 48.3 Å². The van der Waals surface area contributed by atoms with E-state index in [0.717, 1.165) is 6.07 Å². The van der Waals surface area contributed by atoms with Gasteiger partial charge in [0.2, 0.25) is 12.3 Å². The van der Waals surface area contributed by atoms with Crippen molar-refractivity contribution in [1.29, 1.82) is 0 Å². The molecule has 3 aromatic rings. The Morgan fingerprint density at radius 3 is 2.40 bits per heavy atom. The summed E-state index contributed by atoms with van der Waals surface area (Å²) in [6.07, 6.45) is -8.96. The molecule has 8 nitrogen and oxygen atoms in total. The summed E-state index contributed by atoms with van der Waals surface area (Å²) in [5.74, 6) is -5.52. The summed E-state index contributed by atoms with van der Waals surface area (Å²) in [7, 11) is 1.53. The summed E-state index contributed by atoms with van der Waals surface area (Å²) in [6, 6.07) is 2.77. The van der Waals surface area contributed by atoms with Gasteiger partial charge in [-0.05, 0) is 49.3 Å². The molecule has 0 saturated heterocycles. The molecule has 2 heterocycles. The molecule has 1 aliphatic carbocycles. The van der Waals surface area contributed by atoms with Gasteiger partial charge in [-0.1, -0.05) is 6.07 Å². The second kappa shape index (κ2) is 12.5. The second-order valence-electron chi connectivity index (χ2n) is 9.99. The van der Waals surface area contributed by atoms with Gasteiger partial charge in [0.25, 0.3) is 12.0 Å². The van der Waals surface area contributed by atoms with E-state index in [2.05, 4.69) is 20.4 Å². The van der Waals surface area contributed by atoms with Crippen molar-refractivity contribution in [2.24, 2.45) is 13.0 Å². The van der Waals surface area contributed by atoms with E-state index < -0.39 is 78.2 Å². The van der Waals surface area contributed by atoms with Crippen LogP contribution in [0.3, 0.4) is 0 Å². The topological polar surface area (TPSA) is 105 Å². The normalized spacial score (nSPS) is 17.4. The summed E-state index contributed by atoms with van der Waals surface area (Å²) in [5, 5.41) is 8.25. The first-order valence-electron chi connectivity index (χ1n) is 12.9. The number of nitrogens with one attached hydrogen (secondary N) is 3. The highest BCUT2D eigenvalue weighted by molar-refractivity contribution is 5.92. The molecule has 1 fully saturated rings. The largest absolute Gasteiger partial charge is 0.405 e. The van der Waals surface area contributed by atoms with Gasteiger partial charge < -0.3 is 15.6 Å². The fourth-order valence-corrected chi connectivity index (χ4v) is 5.09. The smallest absolute Gasteiger partial charge is 0.346 e. The number of aromatic amines is 1. The highest BCUT2D eigenvalue weighted by atomic mass is 19.4. The van der Waals surface area contributed by atoms with Gasteiger partial charge in [0, 0.05) is 25.2 Å². The van der Waals surface area contributed by atoms with Crippen LogP contribution in [0.25, 0.3) is 11.0 Å². The molecule has 1 aliphatic rings. The number of carbonyl (C=O) groups is 2. The van der Waals surface area contributed by atoms with Crippen molar-refractivity contribution in [3.05, 3.63) is 58.9 Å². The van der Waals surface area contributed by atoms with Crippen LogP contribution in [0.15, 0.2) is 36.0 Å². The van der Waals surface area contributed by atoms with E-state index in [1.165, 1.54) is 35.4 Å². The number of H-pyrrole nitrogens is 1. The van der Waals surface area contributed by atoms with Gasteiger partial charge in [0.1, 0.15) is 23.6 Å². The highest BCUT2D eigenvalue weighted by Gasteiger charge is 2.35. The molecule has 0 spiro atoms. The molecule has 2 unspecified atom stereocenters. The minimum absolute atomic E-state index is 0.00266. The van der Waals surface area contributed by atoms with E-state index in [9.17, 15) is 40.3 Å². The average Bonchev–Trinajstić information content (AvgIpc) is 3.55. The van der Waals surface area contributed by atoms with Gasteiger partial charge in [-0.3, -0.25) is 14.3 Å². The zero-order chi connectivity index (χ0) is 30.8. The van der Waals surface area contributed by atoms with Gasteiger partial charge in [-0.25, -0.2) is 18.2 Å². The molecule has 0 aliphatic heterocycles. The molecule has 1 saturated carbocycles. The fourth-order valence-electron chi connectivity index (χ4n) is 5.09. The van der Waals surface area contributed by atoms with Crippen molar-refractivity contribution in [3.8, 4) is 0 Å². The number of aromatic nitrogens is 4. The zero-order valence-electron chi connectivity index (χ0n) is 22.0. The highest BCUT2D eigenvalue weighted by Crippen LogP contribution is 2.39. The molecule has 0 radical (unpaired) electrons. The lowest BCUT2D eigenvalue weighted by atomic mass is 9.81. The maximum atomic E-state index is 15.7. The first-order valence-corrected chi connectivity index (χ1v) is 12.9. The number of fused-ring (bicyclic) bond motifs is 1. The third-order valence-corrected chi connectivity index (χ3v) is 7.22. The molecule has 2 aromatic heterocycles. The van der Waals surface area contributed by atoms with Gasteiger partial charge in [-0.2, -0.15) is 27.1 Å². The molecule has 2 amide bonds. The minimum Gasteiger partial charge on any atom is -0.346 e. The lowest BCUT2D eigenvalue weighted by molar-refractivity contribution is -0.139. The average molecular weight is 607 g/mol. The summed E-state index contributed by atoms with van der Waals surface area (Å²) >= 11 is 0. The molecule has 42 heavy (non-hydrogen) atoms. The molecule has 228 valence electrons. The number of nitrogens with zero attached hydrogens (tertiary/aromatic N) is 3. The quantitative estimate of drug-likeness (QED) is 0.273. The number of carbonyl (C=O) groups excluding carboxylic acids is 2. The molecular formula is C26H26F8N6O2. The molecule has 3 N–H and O–H groups in total. The van der Waals surface area contributed by atoms with Crippen molar-refractivity contribution in [2.45, 2.75) is 56.7 Å². The Kier molecular flexibility index (Phi) is 9.21. The van der Waals surface area contributed by atoms with Crippen molar-refractivity contribution in [3.63, 3.8) is 0 Å². The molecule has 0 bridgehead atoms. The van der Waals surface area contributed by atoms with E-state index in [0.29, 0.717) is 0 Å². The number of aryl methyl sites for hydroxylation is 1. The van der Waals surface area contributed by atoms with E-state index in [4.69, 9.17) is 0 Å². The van der Waals surface area contributed by atoms with Crippen LogP contribution in [0.5, 0.6) is 0 Å². The number of benzene rings is 1. The molecular weight excluding hydrogens is 580 g/mol. The third kappa shape index (κ3) is 7.07. The van der Waals surface area contributed by atoms with Gasteiger partial charge >= 0.3 is 6.18 Å². The van der Waals surface area contributed by atoms with Crippen LogP contribution in [0.2, 0.25) is 0 Å². The van der Waals surface area contributed by atoms with Crippen LogP contribution in [0.4, 0.5) is 35.1 Å². The molecule has 4 rings (SSSR count). The molecule has 16 heteroatoms. The van der Waals surface area contributed by atoms with Crippen LogP contribution in [0.1, 0.15) is 65.9 Å². The van der Waals surface area contributed by atoms with Crippen molar-refractivity contribution in [2.75, 3.05) is 6.54 Å². The van der Waals surface area contributed by atoms with Crippen molar-refractivity contribution < 1.29 is 44.7 Å². The number of amides is 2. The summed E-state index contributed by atoms with van der Waals surface area (Å²) in [4.78, 5) is 32.6. The SMILES string of the molecule is Cn1nccc1C(=O)NC(c1nc2c(F)c(C(CC(F)F)C(=O)NCC(F)(F)F)ccc2[nH]1)C1CCC(=C(F)F)CC1. The Bertz CT molecular complexity index is 1470. The number of halogens is 8. The van der Waals surface area contributed by atoms with E-state index in [1.54, 1.807) is 0 Å². The van der Waals surface area contributed by atoms with Gasteiger partial charge in [0.05, 0.1) is 17.5 Å². The number of alkyl halides is 5. The molecule has 1 aromatic carbocycles. The monoisotopic (exact) mass is 606 g/mol. The predicted molar refractivity (Wildman–Crippen MR) is 133 cm³/mol. The number of allylic oxidation sites excluding steroid dienone is 1. The number of imidazole rings is 1. The summed E-state index contributed by atoms with van der Waals surface area (Å²) in [6.45, 7) is -1.79. The Labute approximate surface area is 233 Å². The standard InChI is InChI=1S/C26H26F8N6O2/c1-40-17(8-9-36-40)25(42)39-20(12-2-4-13(5-3-12)22(30)31)23-37-16-7-6-14(19(29)21(16)38-23)15(10-18(27)28)24(41)35-11-26(32,33)34/h6-9,12,15,18,20H,2-5,10-11H2,1H3,(H,35,41)(H,37,38)(H,39,42). The first kappa shape index (κ1) is 31.0. The molecule has 2 atom stereocenters. The van der Waals surface area contributed by atoms with Crippen LogP contribution in [-0.4, -0.2) is 50.7 Å². The van der Waals surface area contributed by atoms with Crippen molar-refractivity contribution in [1.82, 2.24) is 30.4 Å². The number of hydrogen-bond donors (Lipinski definition) is 3. The number of hydrogen-bond acceptors (Lipinski definition) is 4. The van der Waals surface area contributed by atoms with Crippen LogP contribution >= 0.6 is 0 Å². The first-order chi connectivity index (χ1) is 19.7. The van der Waals surface area contributed by atoms with E-state index >= 15 is 4.39 Å². The third-order valence-electron chi connectivity index (χ3n) is 7.22. The Hall–Kier alpha value is -3.98.